The van der Waals surface area contributed by atoms with Gasteiger partial charge >= 0.3 is 11.9 Å². The summed E-state index contributed by atoms with van der Waals surface area (Å²) in [4.78, 5) is 22.8. The molecule has 0 saturated carbocycles. The number of alkyl halides is 1. The van der Waals surface area contributed by atoms with Crippen molar-refractivity contribution in [2.24, 2.45) is 16.2 Å². The molecule has 0 radical (unpaired) electrons. The standard InChI is InChI=1S/C13H19BrO4/c1-11(2,3)13(10(17)18)7-12(4,9(15)16)6-5-8(13)14/h5-6,8H,7H2,1-4H3,(H,15,16)(H,17,18). The third kappa shape index (κ3) is 2.09. The summed E-state index contributed by atoms with van der Waals surface area (Å²) in [6.07, 6.45) is 3.30. The van der Waals surface area contributed by atoms with Crippen LogP contribution >= 0.6 is 15.9 Å². The fourth-order valence-electron chi connectivity index (χ4n) is 2.54. The highest BCUT2D eigenvalue weighted by Crippen LogP contribution is 2.55. The second kappa shape index (κ2) is 4.37. The molecule has 0 bridgehead atoms. The summed E-state index contributed by atoms with van der Waals surface area (Å²) < 4.78 is 0. The van der Waals surface area contributed by atoms with E-state index in [1.807, 2.05) is 20.8 Å². The molecule has 1 aliphatic carbocycles. The average molecular weight is 319 g/mol. The monoisotopic (exact) mass is 318 g/mol. The van der Waals surface area contributed by atoms with Crippen molar-refractivity contribution in [3.63, 3.8) is 0 Å². The van der Waals surface area contributed by atoms with Crippen LogP contribution in [0.15, 0.2) is 12.2 Å². The number of hydrogen-bond acceptors (Lipinski definition) is 2. The molecule has 0 fully saturated rings. The number of aliphatic carboxylic acids is 2. The maximum absolute atomic E-state index is 11.8. The Kier molecular flexibility index (Phi) is 3.69. The normalized spacial score (nSPS) is 36.4. The van der Waals surface area contributed by atoms with Crippen LogP contribution in [0.5, 0.6) is 0 Å². The smallest absolute Gasteiger partial charge is 0.313 e. The summed E-state index contributed by atoms with van der Waals surface area (Å²) in [5.41, 5.74) is -2.85. The maximum Gasteiger partial charge on any atom is 0.313 e. The van der Waals surface area contributed by atoms with Gasteiger partial charge in [0.25, 0.3) is 0 Å². The fraction of sp³-hybridized carbons (Fsp3) is 0.692. The minimum absolute atomic E-state index is 0.0700. The molecule has 18 heavy (non-hydrogen) atoms. The summed E-state index contributed by atoms with van der Waals surface area (Å²) in [5, 5.41) is 19.0. The zero-order valence-corrected chi connectivity index (χ0v) is 12.6. The van der Waals surface area contributed by atoms with E-state index in [0.717, 1.165) is 0 Å². The van der Waals surface area contributed by atoms with Crippen LogP contribution in [0.3, 0.4) is 0 Å². The van der Waals surface area contributed by atoms with E-state index in [4.69, 9.17) is 0 Å². The van der Waals surface area contributed by atoms with Crippen molar-refractivity contribution in [1.82, 2.24) is 0 Å². The van der Waals surface area contributed by atoms with Gasteiger partial charge in [-0.1, -0.05) is 48.9 Å². The van der Waals surface area contributed by atoms with Gasteiger partial charge < -0.3 is 10.2 Å². The zero-order chi connectivity index (χ0) is 14.4. The lowest BCUT2D eigenvalue weighted by atomic mass is 9.55. The molecule has 0 amide bonds. The molecule has 0 heterocycles. The number of rotatable bonds is 2. The number of hydrogen-bond donors (Lipinski definition) is 2. The van der Waals surface area contributed by atoms with Crippen molar-refractivity contribution < 1.29 is 19.8 Å². The van der Waals surface area contributed by atoms with Crippen LogP contribution in [-0.2, 0) is 9.59 Å². The molecule has 0 aromatic heterocycles. The van der Waals surface area contributed by atoms with Gasteiger partial charge in [-0.3, -0.25) is 9.59 Å². The highest BCUT2D eigenvalue weighted by atomic mass is 79.9. The quantitative estimate of drug-likeness (QED) is 0.606. The second-order valence-electron chi connectivity index (χ2n) is 6.19. The molecule has 3 atom stereocenters. The number of halogens is 1. The number of carbonyl (C=O) groups is 2. The molecule has 1 rings (SSSR count). The van der Waals surface area contributed by atoms with E-state index in [0.29, 0.717) is 0 Å². The number of carboxylic acids is 2. The average Bonchev–Trinajstić information content (AvgIpc) is 2.19. The van der Waals surface area contributed by atoms with E-state index in [-0.39, 0.29) is 11.2 Å². The molecular weight excluding hydrogens is 300 g/mol. The first kappa shape index (κ1) is 15.2. The van der Waals surface area contributed by atoms with E-state index in [1.54, 1.807) is 19.1 Å². The summed E-state index contributed by atoms with van der Waals surface area (Å²) in [5.74, 6) is -1.96. The van der Waals surface area contributed by atoms with Crippen LogP contribution in [0.2, 0.25) is 0 Å². The van der Waals surface area contributed by atoms with Crippen molar-refractivity contribution in [2.75, 3.05) is 0 Å². The molecule has 0 aromatic carbocycles. The van der Waals surface area contributed by atoms with Crippen LogP contribution in [-0.4, -0.2) is 27.0 Å². The largest absolute Gasteiger partial charge is 0.481 e. The Morgan fingerprint density at radius 2 is 1.78 bits per heavy atom. The lowest BCUT2D eigenvalue weighted by molar-refractivity contribution is -0.162. The molecule has 102 valence electrons. The van der Waals surface area contributed by atoms with Crippen LogP contribution < -0.4 is 0 Å². The van der Waals surface area contributed by atoms with E-state index >= 15 is 0 Å². The summed E-state index contributed by atoms with van der Waals surface area (Å²) in [6, 6.07) is 0. The molecule has 0 aromatic rings. The van der Waals surface area contributed by atoms with Gasteiger partial charge in [0.05, 0.1) is 10.8 Å². The van der Waals surface area contributed by atoms with Crippen molar-refractivity contribution in [1.29, 1.82) is 0 Å². The van der Waals surface area contributed by atoms with E-state index in [1.165, 1.54) is 0 Å². The fourth-order valence-corrected chi connectivity index (χ4v) is 3.73. The lowest BCUT2D eigenvalue weighted by Gasteiger charge is -2.49. The van der Waals surface area contributed by atoms with Gasteiger partial charge in [0.2, 0.25) is 0 Å². The molecule has 3 unspecified atom stereocenters. The van der Waals surface area contributed by atoms with Gasteiger partial charge in [0.1, 0.15) is 0 Å². The molecule has 0 spiro atoms. The summed E-state index contributed by atoms with van der Waals surface area (Å²) in [6.45, 7) is 7.05. The topological polar surface area (TPSA) is 74.6 Å². The summed E-state index contributed by atoms with van der Waals surface area (Å²) in [7, 11) is 0. The Labute approximate surface area is 115 Å². The molecule has 1 aliphatic rings. The lowest BCUT2D eigenvalue weighted by Crippen LogP contribution is -2.54. The van der Waals surface area contributed by atoms with Gasteiger partial charge in [-0.05, 0) is 18.8 Å². The van der Waals surface area contributed by atoms with Crippen molar-refractivity contribution >= 4 is 27.9 Å². The Morgan fingerprint density at radius 3 is 2.11 bits per heavy atom. The molecule has 0 aliphatic heterocycles. The Morgan fingerprint density at radius 1 is 1.28 bits per heavy atom. The minimum Gasteiger partial charge on any atom is -0.481 e. The first-order valence-electron chi connectivity index (χ1n) is 5.77. The molecule has 0 saturated heterocycles. The molecule has 2 N–H and O–H groups in total. The number of allylic oxidation sites excluding steroid dienone is 1. The van der Waals surface area contributed by atoms with E-state index in [9.17, 15) is 19.8 Å². The van der Waals surface area contributed by atoms with Gasteiger partial charge in [0.15, 0.2) is 0 Å². The molecular formula is C13H19BrO4. The molecule has 5 heteroatoms. The van der Waals surface area contributed by atoms with Gasteiger partial charge in [-0.2, -0.15) is 0 Å². The van der Waals surface area contributed by atoms with Crippen molar-refractivity contribution in [2.45, 2.75) is 38.9 Å². The van der Waals surface area contributed by atoms with E-state index < -0.39 is 28.2 Å². The third-order valence-corrected chi connectivity index (χ3v) is 5.05. The van der Waals surface area contributed by atoms with Gasteiger partial charge in [0, 0.05) is 4.83 Å². The number of carboxylic acid groups (broad SMARTS) is 2. The van der Waals surface area contributed by atoms with Crippen LogP contribution in [0.4, 0.5) is 0 Å². The zero-order valence-electron chi connectivity index (χ0n) is 11.0. The van der Waals surface area contributed by atoms with Crippen molar-refractivity contribution in [3.05, 3.63) is 12.2 Å². The third-order valence-electron chi connectivity index (χ3n) is 3.96. The predicted molar refractivity (Wildman–Crippen MR) is 71.7 cm³/mol. The molecule has 4 nitrogen and oxygen atoms in total. The highest BCUT2D eigenvalue weighted by Gasteiger charge is 2.58. The first-order chi connectivity index (χ1) is 7.97. The first-order valence-corrected chi connectivity index (χ1v) is 6.69. The Balaban J connectivity index is 3.42. The van der Waals surface area contributed by atoms with Crippen LogP contribution in [0.1, 0.15) is 34.1 Å². The predicted octanol–water partition coefficient (Wildman–Crippen LogP) is 2.92. The SMILES string of the molecule is CC1(C(=O)O)C=CC(Br)C(C(=O)O)(C(C)(C)C)C1. The second-order valence-corrected chi connectivity index (χ2v) is 7.17. The van der Waals surface area contributed by atoms with Crippen LogP contribution in [0.25, 0.3) is 0 Å². The Bertz CT molecular complexity index is 410. The maximum atomic E-state index is 11.8. The van der Waals surface area contributed by atoms with E-state index in [2.05, 4.69) is 15.9 Å². The Hall–Kier alpha value is -0.840. The minimum atomic E-state index is -1.14. The highest BCUT2D eigenvalue weighted by molar-refractivity contribution is 9.09. The van der Waals surface area contributed by atoms with Crippen molar-refractivity contribution in [3.8, 4) is 0 Å². The van der Waals surface area contributed by atoms with Gasteiger partial charge in [-0.25, -0.2) is 0 Å². The van der Waals surface area contributed by atoms with Crippen LogP contribution in [0, 0.1) is 16.2 Å². The van der Waals surface area contributed by atoms with Gasteiger partial charge in [-0.15, -0.1) is 0 Å². The summed E-state index contributed by atoms with van der Waals surface area (Å²) >= 11 is 3.39.